The summed E-state index contributed by atoms with van der Waals surface area (Å²) in [6.45, 7) is 1.92. The molecule has 1 amide bonds. The van der Waals surface area contributed by atoms with Crippen LogP contribution in [0.5, 0.6) is 0 Å². The minimum Gasteiger partial charge on any atom is -0.374 e. The molecule has 0 radical (unpaired) electrons. The molecule has 3 aliphatic heterocycles. The van der Waals surface area contributed by atoms with Gasteiger partial charge in [0, 0.05) is 34.8 Å². The Morgan fingerprint density at radius 1 is 1.33 bits per heavy atom. The molecule has 9 nitrogen and oxygen atoms in total. The summed E-state index contributed by atoms with van der Waals surface area (Å²) in [4.78, 5) is 46.0. The second-order valence-electron chi connectivity index (χ2n) is 9.22. The molecule has 0 aromatic carbocycles. The predicted molar refractivity (Wildman–Crippen MR) is 124 cm³/mol. The number of fused-ring (bicyclic) bond motifs is 6. The van der Waals surface area contributed by atoms with Gasteiger partial charge in [0.1, 0.15) is 22.7 Å². The van der Waals surface area contributed by atoms with Gasteiger partial charge in [-0.15, -0.1) is 11.3 Å². The molecule has 0 saturated carbocycles. The predicted octanol–water partition coefficient (Wildman–Crippen LogP) is 2.16. The van der Waals surface area contributed by atoms with E-state index in [0.717, 1.165) is 53.7 Å². The number of H-pyrrole nitrogens is 1. The first-order chi connectivity index (χ1) is 16.1. The molecule has 2 fully saturated rings. The number of rotatable bonds is 3. The maximum Gasteiger partial charge on any atom is 0.271 e. The molecule has 2 N–H and O–H groups in total. The Hall–Kier alpha value is -3.11. The Labute approximate surface area is 192 Å². The minimum atomic E-state index is -0.190. The van der Waals surface area contributed by atoms with Crippen LogP contribution in [0.1, 0.15) is 34.5 Å². The van der Waals surface area contributed by atoms with Crippen LogP contribution < -0.4 is 10.9 Å². The zero-order valence-electron chi connectivity index (χ0n) is 17.8. The van der Waals surface area contributed by atoms with Gasteiger partial charge in [0.15, 0.2) is 0 Å². The van der Waals surface area contributed by atoms with Crippen LogP contribution in [-0.2, 0) is 28.9 Å². The van der Waals surface area contributed by atoms with Gasteiger partial charge in [0.2, 0.25) is 5.91 Å². The number of aryl methyl sites for hydroxylation is 1. The Kier molecular flexibility index (Phi) is 4.22. The van der Waals surface area contributed by atoms with E-state index in [2.05, 4.69) is 25.3 Å². The first kappa shape index (κ1) is 19.4. The summed E-state index contributed by atoms with van der Waals surface area (Å²) in [6.07, 6.45) is 6.85. The molecular formula is C23H22N6O3S. The molecule has 2 saturated heterocycles. The normalized spacial score (nSPS) is 25.0. The average Bonchev–Trinajstić information content (AvgIpc) is 3.61. The van der Waals surface area contributed by atoms with E-state index in [0.29, 0.717) is 24.7 Å². The molecule has 0 spiro atoms. The lowest BCUT2D eigenvalue weighted by molar-refractivity contribution is -0.140. The van der Waals surface area contributed by atoms with Gasteiger partial charge < -0.3 is 19.9 Å². The van der Waals surface area contributed by atoms with Crippen LogP contribution in [0.15, 0.2) is 22.2 Å². The van der Waals surface area contributed by atoms with Crippen molar-refractivity contribution in [3.05, 3.63) is 44.4 Å². The topological polar surface area (TPSA) is 113 Å². The number of hydrogen-bond donors (Lipinski definition) is 2. The smallest absolute Gasteiger partial charge is 0.271 e. The number of nitrogens with zero attached hydrogens (tertiary/aromatic N) is 4. The third-order valence-electron chi connectivity index (χ3n) is 7.27. The fourth-order valence-electron chi connectivity index (χ4n) is 5.61. The van der Waals surface area contributed by atoms with E-state index in [1.807, 2.05) is 11.0 Å². The maximum atomic E-state index is 13.2. The average molecular weight is 463 g/mol. The van der Waals surface area contributed by atoms with Crippen molar-refractivity contribution in [1.82, 2.24) is 19.9 Å². The van der Waals surface area contributed by atoms with Crippen molar-refractivity contribution in [2.45, 2.75) is 44.4 Å². The number of aromatic amines is 1. The molecule has 3 atom stereocenters. The zero-order valence-corrected chi connectivity index (χ0v) is 18.7. The fraction of sp³-hybridized carbons (Fsp3) is 0.435. The SMILES string of the molecule is O=C([C@H]1CCc2c(sc3ncnc(Nc4cc5c([nH]c4=O)CN=C5)c23)C1)N1C[C@@H]2C[C@H]1CO2. The Morgan fingerprint density at radius 2 is 2.27 bits per heavy atom. The quantitative estimate of drug-likeness (QED) is 0.617. The van der Waals surface area contributed by atoms with Crippen molar-refractivity contribution >= 4 is 45.2 Å². The van der Waals surface area contributed by atoms with E-state index in [9.17, 15) is 9.59 Å². The lowest BCUT2D eigenvalue weighted by Crippen LogP contribution is -2.45. The number of aliphatic imine (C=N–C) groups is 1. The van der Waals surface area contributed by atoms with E-state index >= 15 is 0 Å². The summed E-state index contributed by atoms with van der Waals surface area (Å²) in [5.41, 5.74) is 3.20. The van der Waals surface area contributed by atoms with Crippen LogP contribution in [0.25, 0.3) is 10.2 Å². The van der Waals surface area contributed by atoms with Crippen LogP contribution in [0.3, 0.4) is 0 Å². The van der Waals surface area contributed by atoms with Crippen molar-refractivity contribution in [3.63, 3.8) is 0 Å². The fourth-order valence-corrected chi connectivity index (χ4v) is 6.87. The molecule has 4 aliphatic rings. The Bertz CT molecular complexity index is 1390. The summed E-state index contributed by atoms with van der Waals surface area (Å²) >= 11 is 1.63. The molecule has 2 bridgehead atoms. The van der Waals surface area contributed by atoms with E-state index in [-0.39, 0.29) is 29.5 Å². The molecule has 1 aliphatic carbocycles. The largest absolute Gasteiger partial charge is 0.374 e. The third kappa shape index (κ3) is 3.04. The van der Waals surface area contributed by atoms with Gasteiger partial charge in [-0.3, -0.25) is 14.6 Å². The molecule has 6 heterocycles. The number of likely N-dealkylation sites (tertiary alicyclic amines) is 1. The van der Waals surface area contributed by atoms with Crippen LogP contribution >= 0.6 is 11.3 Å². The number of pyridine rings is 1. The van der Waals surface area contributed by atoms with Gasteiger partial charge in [-0.05, 0) is 37.3 Å². The second-order valence-corrected chi connectivity index (χ2v) is 10.3. The zero-order chi connectivity index (χ0) is 22.1. The third-order valence-corrected chi connectivity index (χ3v) is 8.43. The van der Waals surface area contributed by atoms with Crippen molar-refractivity contribution in [3.8, 4) is 0 Å². The Morgan fingerprint density at radius 3 is 3.12 bits per heavy atom. The highest BCUT2D eigenvalue weighted by Gasteiger charge is 2.43. The van der Waals surface area contributed by atoms with Crippen molar-refractivity contribution in [1.29, 1.82) is 0 Å². The van der Waals surface area contributed by atoms with Crippen LogP contribution in [-0.4, -0.2) is 57.3 Å². The van der Waals surface area contributed by atoms with Gasteiger partial charge in [0.05, 0.1) is 30.7 Å². The second kappa shape index (κ2) is 7.19. The number of morpholine rings is 1. The number of carbonyl (C=O) groups is 1. The van der Waals surface area contributed by atoms with Gasteiger partial charge in [0.25, 0.3) is 5.56 Å². The summed E-state index contributed by atoms with van der Waals surface area (Å²) < 4.78 is 5.66. The molecular weight excluding hydrogens is 440 g/mol. The summed E-state index contributed by atoms with van der Waals surface area (Å²) in [5, 5.41) is 4.20. The van der Waals surface area contributed by atoms with Gasteiger partial charge in [-0.2, -0.15) is 0 Å². The highest BCUT2D eigenvalue weighted by molar-refractivity contribution is 7.19. The summed E-state index contributed by atoms with van der Waals surface area (Å²) in [5.74, 6) is 0.912. The standard InChI is InChI=1S/C23H22N6O3S/c30-21-16(3-12-6-24-7-17(12)28-21)27-20-19-15-2-1-11(4-18(15)33-22(19)26-10-25-20)23(31)29-8-14-5-13(29)9-32-14/h3,6,10-11,13-14H,1-2,4-5,7-9H2,(H,28,30)(H,25,26,27)/t11-,13-,14-/m0/s1. The first-order valence-corrected chi connectivity index (χ1v) is 12.2. The molecule has 3 aromatic rings. The number of amides is 1. The maximum absolute atomic E-state index is 13.2. The van der Waals surface area contributed by atoms with E-state index in [4.69, 9.17) is 4.74 Å². The monoisotopic (exact) mass is 462 g/mol. The van der Waals surface area contributed by atoms with Gasteiger partial charge in [-0.25, -0.2) is 9.97 Å². The van der Waals surface area contributed by atoms with Crippen LogP contribution in [0.4, 0.5) is 11.5 Å². The molecule has 168 valence electrons. The summed E-state index contributed by atoms with van der Waals surface area (Å²) in [7, 11) is 0. The number of anilines is 2. The molecule has 10 heteroatoms. The number of thiophene rings is 1. The van der Waals surface area contributed by atoms with Crippen LogP contribution in [0.2, 0.25) is 0 Å². The number of nitrogens with one attached hydrogen (secondary N) is 2. The highest BCUT2D eigenvalue weighted by Crippen LogP contribution is 2.41. The Balaban J connectivity index is 1.19. The van der Waals surface area contributed by atoms with E-state index in [1.54, 1.807) is 17.6 Å². The lowest BCUT2D eigenvalue weighted by Gasteiger charge is -2.32. The molecule has 7 rings (SSSR count). The lowest BCUT2D eigenvalue weighted by atomic mass is 9.86. The molecule has 0 unspecified atom stereocenters. The number of aromatic nitrogens is 3. The van der Waals surface area contributed by atoms with E-state index in [1.165, 1.54) is 16.8 Å². The number of carbonyl (C=O) groups excluding carboxylic acids is 1. The van der Waals surface area contributed by atoms with Crippen LogP contribution in [0, 0.1) is 5.92 Å². The summed E-state index contributed by atoms with van der Waals surface area (Å²) in [6, 6.07) is 2.07. The number of ether oxygens (including phenoxy) is 1. The van der Waals surface area contributed by atoms with Crippen molar-refractivity contribution in [2.75, 3.05) is 18.5 Å². The van der Waals surface area contributed by atoms with Crippen molar-refractivity contribution in [2.24, 2.45) is 10.9 Å². The minimum absolute atomic E-state index is 0.00752. The van der Waals surface area contributed by atoms with Crippen molar-refractivity contribution < 1.29 is 9.53 Å². The van der Waals surface area contributed by atoms with E-state index < -0.39 is 0 Å². The molecule has 3 aromatic heterocycles. The number of hydrogen-bond acceptors (Lipinski definition) is 8. The van der Waals surface area contributed by atoms with Gasteiger partial charge >= 0.3 is 0 Å². The highest BCUT2D eigenvalue weighted by atomic mass is 32.1. The first-order valence-electron chi connectivity index (χ1n) is 11.3. The molecule has 33 heavy (non-hydrogen) atoms. The van der Waals surface area contributed by atoms with Gasteiger partial charge in [-0.1, -0.05) is 0 Å².